The fourth-order valence-electron chi connectivity index (χ4n) is 1.53. The molecule has 0 aromatic carbocycles. The first-order valence-electron chi connectivity index (χ1n) is 5.90. The fourth-order valence-corrected chi connectivity index (χ4v) is 3.50. The highest BCUT2D eigenvalue weighted by atomic mass is 35.5. The second-order valence-electron chi connectivity index (χ2n) is 4.26. The van der Waals surface area contributed by atoms with Crippen LogP contribution in [0, 0.1) is 0 Å². The van der Waals surface area contributed by atoms with Crippen LogP contribution in [0.25, 0.3) is 0 Å². The Hall–Kier alpha value is -1.12. The summed E-state index contributed by atoms with van der Waals surface area (Å²) in [6.45, 7) is 3.40. The van der Waals surface area contributed by atoms with Gasteiger partial charge in [-0.3, -0.25) is 0 Å². The van der Waals surface area contributed by atoms with E-state index in [0.717, 1.165) is 6.26 Å². The molecule has 0 aliphatic carbocycles. The van der Waals surface area contributed by atoms with Gasteiger partial charge in [0.05, 0.1) is 19.4 Å². The van der Waals surface area contributed by atoms with Crippen LogP contribution in [-0.2, 0) is 21.3 Å². The van der Waals surface area contributed by atoms with E-state index in [-0.39, 0.29) is 35.8 Å². The molecular weight excluding hydrogens is 308 g/mol. The number of ether oxygens (including phenoxy) is 1. The molecule has 0 N–H and O–H groups in total. The van der Waals surface area contributed by atoms with Crippen molar-refractivity contribution in [3.05, 3.63) is 17.8 Å². The molecule has 0 aliphatic rings. The van der Waals surface area contributed by atoms with Crippen LogP contribution in [0.5, 0.6) is 0 Å². The number of methoxy groups -OCH3 is 1. The topological polar surface area (TPSA) is 89.7 Å². The lowest BCUT2D eigenvalue weighted by Crippen LogP contribution is -2.38. The molecule has 7 nitrogen and oxygen atoms in total. The number of nitrogens with zero attached hydrogens (tertiary/aromatic N) is 2. The number of rotatable bonds is 7. The van der Waals surface area contributed by atoms with Crippen LogP contribution < -0.4 is 0 Å². The molecule has 1 aromatic rings. The summed E-state index contributed by atoms with van der Waals surface area (Å²) in [4.78, 5) is 15.1. The van der Waals surface area contributed by atoms with Gasteiger partial charge >= 0.3 is 5.97 Å². The van der Waals surface area contributed by atoms with Gasteiger partial charge in [0, 0.05) is 11.9 Å². The molecule has 0 radical (unpaired) electrons. The summed E-state index contributed by atoms with van der Waals surface area (Å²) in [5.74, 6) is -0.682. The minimum Gasteiger partial charge on any atom is -0.464 e. The zero-order valence-corrected chi connectivity index (χ0v) is 13.1. The van der Waals surface area contributed by atoms with E-state index in [1.54, 1.807) is 13.8 Å². The first-order chi connectivity index (χ1) is 9.31. The van der Waals surface area contributed by atoms with E-state index in [0.29, 0.717) is 0 Å². The molecule has 0 spiro atoms. The number of carbonyl (C=O) groups is 1. The van der Waals surface area contributed by atoms with E-state index >= 15 is 0 Å². The average Bonchev–Trinajstić information content (AvgIpc) is 2.83. The Labute approximate surface area is 122 Å². The highest BCUT2D eigenvalue weighted by Crippen LogP contribution is 2.14. The summed E-state index contributed by atoms with van der Waals surface area (Å²) >= 11 is 5.50. The molecule has 1 heterocycles. The second-order valence-corrected chi connectivity index (χ2v) is 6.68. The number of alkyl halides is 1. The molecule has 0 fully saturated rings. The van der Waals surface area contributed by atoms with E-state index in [9.17, 15) is 13.2 Å². The number of hydrogen-bond acceptors (Lipinski definition) is 6. The Morgan fingerprint density at radius 2 is 2.20 bits per heavy atom. The van der Waals surface area contributed by atoms with E-state index in [1.165, 1.54) is 11.4 Å². The number of carbonyl (C=O) groups excluding carboxylic acids is 1. The van der Waals surface area contributed by atoms with Crippen LogP contribution in [0.3, 0.4) is 0 Å². The summed E-state index contributed by atoms with van der Waals surface area (Å²) in [5.41, 5.74) is 0.000877. The zero-order chi connectivity index (χ0) is 15.3. The summed E-state index contributed by atoms with van der Waals surface area (Å²) in [7, 11) is -2.28. The van der Waals surface area contributed by atoms with Crippen molar-refractivity contribution in [1.29, 1.82) is 0 Å². The van der Waals surface area contributed by atoms with Crippen LogP contribution in [0.15, 0.2) is 10.7 Å². The Balaban J connectivity index is 2.92. The Morgan fingerprint density at radius 3 is 2.70 bits per heavy atom. The molecule has 0 amide bonds. The second kappa shape index (κ2) is 7.05. The SMILES string of the molecule is COC(=O)c1coc(CN(C(C)C)S(=O)(=O)CCCl)n1. The van der Waals surface area contributed by atoms with Crippen molar-refractivity contribution >= 4 is 27.6 Å². The summed E-state index contributed by atoms with van der Waals surface area (Å²) in [6, 6.07) is -0.281. The molecule has 9 heteroatoms. The van der Waals surface area contributed by atoms with Gasteiger partial charge in [-0.1, -0.05) is 0 Å². The van der Waals surface area contributed by atoms with E-state index in [4.69, 9.17) is 16.0 Å². The Kier molecular flexibility index (Phi) is 5.97. The highest BCUT2D eigenvalue weighted by Gasteiger charge is 2.26. The van der Waals surface area contributed by atoms with E-state index in [2.05, 4.69) is 9.72 Å². The van der Waals surface area contributed by atoms with E-state index < -0.39 is 16.0 Å². The van der Waals surface area contributed by atoms with Gasteiger partial charge < -0.3 is 9.15 Å². The smallest absolute Gasteiger partial charge is 0.360 e. The van der Waals surface area contributed by atoms with E-state index in [1.807, 2.05) is 0 Å². The van der Waals surface area contributed by atoms with Crippen LogP contribution in [0.1, 0.15) is 30.2 Å². The van der Waals surface area contributed by atoms with Gasteiger partial charge in [0.2, 0.25) is 15.9 Å². The standard InChI is InChI=1S/C11H17ClN2O5S/c1-8(2)14(20(16,17)5-4-12)6-10-13-9(7-19-10)11(15)18-3/h7-8H,4-6H2,1-3H3. The van der Waals surface area contributed by atoms with Gasteiger partial charge in [-0.15, -0.1) is 11.6 Å². The molecular formula is C11H17ClN2O5S. The minimum absolute atomic E-state index is 0.000877. The molecule has 20 heavy (non-hydrogen) atoms. The fraction of sp³-hybridized carbons (Fsp3) is 0.636. The van der Waals surface area contributed by atoms with Crippen LogP contribution in [0.2, 0.25) is 0 Å². The normalized spacial score (nSPS) is 12.1. The van der Waals surface area contributed by atoms with Crippen molar-refractivity contribution in [1.82, 2.24) is 9.29 Å². The van der Waals surface area contributed by atoms with Gasteiger partial charge in [-0.05, 0) is 13.8 Å². The minimum atomic E-state index is -3.50. The first-order valence-corrected chi connectivity index (χ1v) is 8.04. The molecule has 1 aromatic heterocycles. The lowest BCUT2D eigenvalue weighted by atomic mass is 10.4. The summed E-state index contributed by atoms with van der Waals surface area (Å²) in [6.07, 6.45) is 1.13. The summed E-state index contributed by atoms with van der Waals surface area (Å²) in [5, 5.41) is 0. The number of aromatic nitrogens is 1. The van der Waals surface area contributed by atoms with Crippen LogP contribution in [-0.4, -0.2) is 48.5 Å². The first kappa shape index (κ1) is 16.9. The predicted octanol–water partition coefficient (Wildman–Crippen LogP) is 1.24. The summed E-state index contributed by atoms with van der Waals surface area (Å²) < 4.78 is 34.9. The van der Waals surface area contributed by atoms with Crippen LogP contribution in [0.4, 0.5) is 0 Å². The maximum Gasteiger partial charge on any atom is 0.360 e. The molecule has 0 atom stereocenters. The van der Waals surface area contributed by atoms with Crippen LogP contribution >= 0.6 is 11.6 Å². The zero-order valence-electron chi connectivity index (χ0n) is 11.5. The Bertz CT molecular complexity index is 555. The number of hydrogen-bond donors (Lipinski definition) is 0. The van der Waals surface area contributed by atoms with Crippen molar-refractivity contribution in [2.75, 3.05) is 18.7 Å². The van der Waals surface area contributed by atoms with Crippen molar-refractivity contribution in [3.63, 3.8) is 0 Å². The van der Waals surface area contributed by atoms with Crippen molar-refractivity contribution in [3.8, 4) is 0 Å². The molecule has 0 bridgehead atoms. The largest absolute Gasteiger partial charge is 0.464 e. The monoisotopic (exact) mass is 324 g/mol. The molecule has 0 saturated heterocycles. The maximum absolute atomic E-state index is 12.1. The lowest BCUT2D eigenvalue weighted by Gasteiger charge is -2.24. The van der Waals surface area contributed by atoms with Crippen molar-refractivity contribution in [2.45, 2.75) is 26.4 Å². The third kappa shape index (κ3) is 4.19. The number of sulfonamides is 1. The third-order valence-electron chi connectivity index (χ3n) is 2.51. The molecule has 0 aliphatic heterocycles. The third-order valence-corrected chi connectivity index (χ3v) is 4.90. The molecule has 1 rings (SSSR count). The quantitative estimate of drug-likeness (QED) is 0.553. The van der Waals surface area contributed by atoms with Crippen molar-refractivity contribution in [2.24, 2.45) is 0 Å². The predicted molar refractivity (Wildman–Crippen MR) is 73.0 cm³/mol. The number of oxazole rings is 1. The van der Waals surface area contributed by atoms with Gasteiger partial charge in [0.1, 0.15) is 6.26 Å². The van der Waals surface area contributed by atoms with Gasteiger partial charge in [0.25, 0.3) is 0 Å². The van der Waals surface area contributed by atoms with Gasteiger partial charge in [-0.2, -0.15) is 4.31 Å². The van der Waals surface area contributed by atoms with Crippen molar-refractivity contribution < 1.29 is 22.4 Å². The molecule has 114 valence electrons. The Morgan fingerprint density at radius 1 is 1.55 bits per heavy atom. The molecule has 0 unspecified atom stereocenters. The maximum atomic E-state index is 12.1. The average molecular weight is 325 g/mol. The van der Waals surface area contributed by atoms with Gasteiger partial charge in [-0.25, -0.2) is 18.2 Å². The number of halogens is 1. The van der Waals surface area contributed by atoms with Gasteiger partial charge in [0.15, 0.2) is 5.69 Å². The molecule has 0 saturated carbocycles. The highest BCUT2D eigenvalue weighted by molar-refractivity contribution is 7.89. The number of esters is 1. The lowest BCUT2D eigenvalue weighted by molar-refractivity contribution is 0.0594.